The van der Waals surface area contributed by atoms with Crippen molar-refractivity contribution in [3.8, 4) is 22.5 Å². The van der Waals surface area contributed by atoms with Crippen LogP contribution in [0.25, 0.3) is 22.5 Å². The predicted molar refractivity (Wildman–Crippen MR) is 131 cm³/mol. The summed E-state index contributed by atoms with van der Waals surface area (Å²) in [6.07, 6.45) is 0.750. The molecule has 164 valence electrons. The molecule has 0 fully saturated rings. The number of aromatic nitrogens is 2. The third kappa shape index (κ3) is 4.46. The van der Waals surface area contributed by atoms with Crippen LogP contribution in [0.5, 0.6) is 0 Å². The van der Waals surface area contributed by atoms with Crippen LogP contribution in [0, 0.1) is 0 Å². The minimum atomic E-state index is -3.85. The molecule has 0 bridgehead atoms. The second-order valence-electron chi connectivity index (χ2n) is 7.43. The van der Waals surface area contributed by atoms with Gasteiger partial charge in [-0.3, -0.25) is 0 Å². The molecule has 4 aromatic rings. The molecule has 0 N–H and O–H groups in total. The number of hydrogen-bond acceptors (Lipinski definition) is 3. The second-order valence-corrected chi connectivity index (χ2v) is 10.1. The van der Waals surface area contributed by atoms with Gasteiger partial charge in [-0.15, -0.1) is 0 Å². The fourth-order valence-corrected chi connectivity index (χ4v) is 5.97. The van der Waals surface area contributed by atoms with Crippen LogP contribution < -0.4 is 0 Å². The van der Waals surface area contributed by atoms with E-state index in [0.29, 0.717) is 27.8 Å². The molecule has 0 unspecified atom stereocenters. The van der Waals surface area contributed by atoms with Crippen LogP contribution in [0.4, 0.5) is 0 Å². The zero-order valence-electron chi connectivity index (χ0n) is 17.5. The van der Waals surface area contributed by atoms with Gasteiger partial charge in [0.25, 0.3) is 0 Å². The van der Waals surface area contributed by atoms with Gasteiger partial charge in [0.1, 0.15) is 0 Å². The summed E-state index contributed by atoms with van der Waals surface area (Å²) in [4.78, 5) is 4.69. The standard InChI is InChI=1S/C25H22Cl2N2O2S/c1-2-16-29-24(19-12-7-4-8-13-19)23(18-10-5-3-6-11-18)28-25(29)32(30,31)17-20-21(26)14-9-15-22(20)27/h3-15H,2,16-17H2,1H3. The van der Waals surface area contributed by atoms with Crippen LogP contribution in [-0.4, -0.2) is 18.0 Å². The lowest BCUT2D eigenvalue weighted by Gasteiger charge is -2.13. The van der Waals surface area contributed by atoms with E-state index in [1.54, 1.807) is 22.8 Å². The van der Waals surface area contributed by atoms with Gasteiger partial charge in [0.15, 0.2) is 0 Å². The molecule has 0 aliphatic rings. The van der Waals surface area contributed by atoms with Crippen LogP contribution in [0.1, 0.15) is 18.9 Å². The van der Waals surface area contributed by atoms with E-state index in [4.69, 9.17) is 28.2 Å². The maximum Gasteiger partial charge on any atom is 0.229 e. The van der Waals surface area contributed by atoms with Crippen LogP contribution in [0.2, 0.25) is 10.0 Å². The van der Waals surface area contributed by atoms with Crippen molar-refractivity contribution in [2.24, 2.45) is 0 Å². The molecule has 0 aliphatic heterocycles. The number of imidazole rings is 1. The normalized spacial score (nSPS) is 11.6. The van der Waals surface area contributed by atoms with Gasteiger partial charge in [0, 0.05) is 33.3 Å². The van der Waals surface area contributed by atoms with Crippen LogP contribution in [-0.2, 0) is 22.1 Å². The van der Waals surface area contributed by atoms with E-state index in [9.17, 15) is 8.42 Å². The molecule has 0 radical (unpaired) electrons. The minimum Gasteiger partial charge on any atom is -0.314 e. The Balaban J connectivity index is 1.95. The molecule has 0 atom stereocenters. The Bertz CT molecular complexity index is 1320. The zero-order valence-corrected chi connectivity index (χ0v) is 19.8. The third-order valence-corrected chi connectivity index (χ3v) is 7.39. The number of nitrogens with zero attached hydrogens (tertiary/aromatic N) is 2. The summed E-state index contributed by atoms with van der Waals surface area (Å²) in [5.41, 5.74) is 3.55. The molecule has 4 rings (SSSR count). The Hall–Kier alpha value is -2.60. The molecule has 0 saturated carbocycles. The summed E-state index contributed by atoms with van der Waals surface area (Å²) in [6, 6.07) is 24.3. The highest BCUT2D eigenvalue weighted by Crippen LogP contribution is 2.36. The highest BCUT2D eigenvalue weighted by Gasteiger charge is 2.29. The van der Waals surface area contributed by atoms with E-state index < -0.39 is 9.84 Å². The Morgan fingerprint density at radius 2 is 1.38 bits per heavy atom. The SMILES string of the molecule is CCCn1c(S(=O)(=O)Cc2c(Cl)cccc2Cl)nc(-c2ccccc2)c1-c1ccccc1. The zero-order chi connectivity index (χ0) is 22.7. The van der Waals surface area contributed by atoms with Crippen molar-refractivity contribution in [1.82, 2.24) is 9.55 Å². The molecule has 7 heteroatoms. The van der Waals surface area contributed by atoms with Gasteiger partial charge in [-0.25, -0.2) is 13.4 Å². The van der Waals surface area contributed by atoms with Crippen molar-refractivity contribution in [1.29, 1.82) is 0 Å². The van der Waals surface area contributed by atoms with Crippen molar-refractivity contribution in [2.45, 2.75) is 30.8 Å². The minimum absolute atomic E-state index is 0.0213. The summed E-state index contributed by atoms with van der Waals surface area (Å²) >= 11 is 12.6. The first-order valence-electron chi connectivity index (χ1n) is 10.3. The number of sulfone groups is 1. The summed E-state index contributed by atoms with van der Waals surface area (Å²) in [5, 5.41) is 0.663. The number of hydrogen-bond donors (Lipinski definition) is 0. The topological polar surface area (TPSA) is 52.0 Å². The fourth-order valence-electron chi connectivity index (χ4n) is 3.71. The molecular weight excluding hydrogens is 463 g/mol. The lowest BCUT2D eigenvalue weighted by Crippen LogP contribution is -2.14. The van der Waals surface area contributed by atoms with Gasteiger partial charge in [-0.1, -0.05) is 96.9 Å². The molecule has 1 aromatic heterocycles. The van der Waals surface area contributed by atoms with E-state index in [1.165, 1.54) is 0 Å². The van der Waals surface area contributed by atoms with E-state index in [1.807, 2.05) is 67.6 Å². The van der Waals surface area contributed by atoms with Gasteiger partial charge in [0.2, 0.25) is 15.0 Å². The monoisotopic (exact) mass is 484 g/mol. The maximum atomic E-state index is 13.6. The van der Waals surface area contributed by atoms with Gasteiger partial charge in [0.05, 0.1) is 17.1 Å². The molecule has 0 aliphatic carbocycles. The number of benzene rings is 3. The summed E-state index contributed by atoms with van der Waals surface area (Å²) in [7, 11) is -3.85. The van der Waals surface area contributed by atoms with E-state index in [-0.39, 0.29) is 10.9 Å². The van der Waals surface area contributed by atoms with Crippen LogP contribution in [0.3, 0.4) is 0 Å². The van der Waals surface area contributed by atoms with E-state index in [2.05, 4.69) is 0 Å². The lowest BCUT2D eigenvalue weighted by atomic mass is 10.0. The third-order valence-electron chi connectivity index (χ3n) is 5.15. The van der Waals surface area contributed by atoms with Gasteiger partial charge < -0.3 is 4.57 Å². The molecule has 0 spiro atoms. The Morgan fingerprint density at radius 3 is 1.94 bits per heavy atom. The summed E-state index contributed by atoms with van der Waals surface area (Å²) in [6.45, 7) is 2.52. The van der Waals surface area contributed by atoms with E-state index in [0.717, 1.165) is 23.2 Å². The van der Waals surface area contributed by atoms with Crippen LogP contribution >= 0.6 is 23.2 Å². The van der Waals surface area contributed by atoms with Crippen LogP contribution in [0.15, 0.2) is 84.0 Å². The Kier molecular flexibility index (Phi) is 6.70. The lowest BCUT2D eigenvalue weighted by molar-refractivity contribution is 0.558. The molecule has 0 amide bonds. The van der Waals surface area contributed by atoms with Gasteiger partial charge >= 0.3 is 0 Å². The fraction of sp³-hybridized carbons (Fsp3) is 0.160. The average Bonchev–Trinajstić information content (AvgIpc) is 3.18. The highest BCUT2D eigenvalue weighted by molar-refractivity contribution is 7.90. The predicted octanol–water partition coefficient (Wildman–Crippen LogP) is 6.91. The van der Waals surface area contributed by atoms with Crippen molar-refractivity contribution in [3.05, 3.63) is 94.5 Å². The van der Waals surface area contributed by atoms with Crippen molar-refractivity contribution in [2.75, 3.05) is 0 Å². The Morgan fingerprint density at radius 1 is 0.812 bits per heavy atom. The van der Waals surface area contributed by atoms with Crippen molar-refractivity contribution < 1.29 is 8.42 Å². The largest absolute Gasteiger partial charge is 0.314 e. The number of halogens is 2. The first-order chi connectivity index (χ1) is 15.4. The van der Waals surface area contributed by atoms with Gasteiger partial charge in [-0.2, -0.15) is 0 Å². The quantitative estimate of drug-likeness (QED) is 0.286. The van der Waals surface area contributed by atoms with Crippen molar-refractivity contribution >= 4 is 33.0 Å². The molecule has 32 heavy (non-hydrogen) atoms. The molecule has 1 heterocycles. The molecular formula is C25H22Cl2N2O2S. The molecule has 3 aromatic carbocycles. The first-order valence-corrected chi connectivity index (χ1v) is 12.7. The highest BCUT2D eigenvalue weighted by atomic mass is 35.5. The second kappa shape index (κ2) is 9.49. The smallest absolute Gasteiger partial charge is 0.229 e. The maximum absolute atomic E-state index is 13.6. The summed E-state index contributed by atoms with van der Waals surface area (Å²) in [5.74, 6) is -0.325. The number of rotatable bonds is 7. The summed E-state index contributed by atoms with van der Waals surface area (Å²) < 4.78 is 29.1. The average molecular weight is 485 g/mol. The van der Waals surface area contributed by atoms with Gasteiger partial charge in [-0.05, 0) is 18.6 Å². The first kappa shape index (κ1) is 22.6. The Labute approximate surface area is 198 Å². The molecule has 0 saturated heterocycles. The van der Waals surface area contributed by atoms with E-state index >= 15 is 0 Å². The molecule has 4 nitrogen and oxygen atoms in total. The van der Waals surface area contributed by atoms with Crippen molar-refractivity contribution in [3.63, 3.8) is 0 Å².